The maximum absolute atomic E-state index is 13.4. The molecule has 2 aliphatic rings. The maximum Gasteiger partial charge on any atom is 0.256 e. The quantitative estimate of drug-likeness (QED) is 0.847. The Bertz CT molecular complexity index is 901. The van der Waals surface area contributed by atoms with E-state index >= 15 is 0 Å². The number of benzene rings is 2. The Morgan fingerprint density at radius 1 is 1.07 bits per heavy atom. The van der Waals surface area contributed by atoms with Gasteiger partial charge in [-0.1, -0.05) is 48.0 Å². The summed E-state index contributed by atoms with van der Waals surface area (Å²) >= 11 is 6.28. The van der Waals surface area contributed by atoms with Gasteiger partial charge < -0.3 is 15.1 Å². The minimum Gasteiger partial charge on any atom is -0.338 e. The van der Waals surface area contributed by atoms with Crippen LogP contribution >= 0.6 is 11.6 Å². The van der Waals surface area contributed by atoms with Crippen LogP contribution in [0.15, 0.2) is 48.5 Å². The second-order valence-corrected chi connectivity index (χ2v) is 7.95. The molecule has 1 saturated heterocycles. The number of carbonyl (C=O) groups is 2. The summed E-state index contributed by atoms with van der Waals surface area (Å²) < 4.78 is 0. The number of hydrogen-bond acceptors (Lipinski definition) is 3. The van der Waals surface area contributed by atoms with Gasteiger partial charge in [-0.2, -0.15) is 0 Å². The van der Waals surface area contributed by atoms with Gasteiger partial charge in [0.1, 0.15) is 6.04 Å². The van der Waals surface area contributed by atoms with Crippen LogP contribution in [0.4, 0.5) is 0 Å². The number of halogens is 1. The molecule has 2 atom stereocenters. The highest BCUT2D eigenvalue weighted by Crippen LogP contribution is 2.28. The first kappa shape index (κ1) is 19.0. The Morgan fingerprint density at radius 3 is 2.54 bits per heavy atom. The molecule has 0 spiro atoms. The van der Waals surface area contributed by atoms with Crippen molar-refractivity contribution in [2.45, 2.75) is 32.0 Å². The average molecular weight is 398 g/mol. The van der Waals surface area contributed by atoms with Crippen LogP contribution in [0, 0.1) is 0 Å². The molecule has 28 heavy (non-hydrogen) atoms. The Labute approximate surface area is 170 Å². The van der Waals surface area contributed by atoms with Crippen LogP contribution in [0.5, 0.6) is 0 Å². The summed E-state index contributed by atoms with van der Waals surface area (Å²) in [6, 6.07) is 14.8. The molecule has 2 heterocycles. The van der Waals surface area contributed by atoms with Gasteiger partial charge in [-0.3, -0.25) is 9.59 Å². The third kappa shape index (κ3) is 3.64. The smallest absolute Gasteiger partial charge is 0.256 e. The number of nitrogens with zero attached hydrogens (tertiary/aromatic N) is 2. The van der Waals surface area contributed by atoms with Gasteiger partial charge >= 0.3 is 0 Å². The van der Waals surface area contributed by atoms with E-state index in [9.17, 15) is 9.59 Å². The Morgan fingerprint density at radius 2 is 1.79 bits per heavy atom. The van der Waals surface area contributed by atoms with Gasteiger partial charge in [-0.15, -0.1) is 0 Å². The summed E-state index contributed by atoms with van der Waals surface area (Å²) in [4.78, 5) is 30.3. The molecule has 0 aromatic heterocycles. The first-order chi connectivity index (χ1) is 13.5. The van der Waals surface area contributed by atoms with E-state index < -0.39 is 6.04 Å². The van der Waals surface area contributed by atoms with Crippen LogP contribution in [0.1, 0.15) is 28.4 Å². The van der Waals surface area contributed by atoms with Crippen LogP contribution in [-0.4, -0.2) is 53.3 Å². The van der Waals surface area contributed by atoms with E-state index in [1.165, 1.54) is 0 Å². The van der Waals surface area contributed by atoms with E-state index in [1.807, 2.05) is 29.2 Å². The fourth-order valence-electron chi connectivity index (χ4n) is 4.09. The van der Waals surface area contributed by atoms with Crippen molar-refractivity contribution >= 4 is 23.4 Å². The van der Waals surface area contributed by atoms with Crippen molar-refractivity contribution in [3.05, 3.63) is 70.2 Å². The van der Waals surface area contributed by atoms with Crippen LogP contribution < -0.4 is 5.32 Å². The lowest BCUT2D eigenvalue weighted by molar-refractivity contribution is -0.137. The molecule has 1 N–H and O–H groups in total. The monoisotopic (exact) mass is 397 g/mol. The minimum atomic E-state index is -0.510. The molecule has 146 valence electrons. The predicted octanol–water partition coefficient (Wildman–Crippen LogP) is 2.73. The zero-order valence-electron chi connectivity index (χ0n) is 15.9. The number of piperazine rings is 1. The zero-order chi connectivity index (χ0) is 19.7. The third-order valence-corrected chi connectivity index (χ3v) is 5.91. The largest absolute Gasteiger partial charge is 0.338 e. The molecular weight excluding hydrogens is 374 g/mol. The molecule has 1 fully saturated rings. The van der Waals surface area contributed by atoms with Gasteiger partial charge in [0.2, 0.25) is 5.91 Å². The van der Waals surface area contributed by atoms with Gasteiger partial charge in [-0.05, 0) is 30.2 Å². The van der Waals surface area contributed by atoms with Gasteiger partial charge in [0.25, 0.3) is 5.91 Å². The maximum atomic E-state index is 13.4. The van der Waals surface area contributed by atoms with Crippen molar-refractivity contribution in [2.75, 3.05) is 19.6 Å². The molecule has 2 aromatic carbocycles. The van der Waals surface area contributed by atoms with Crippen molar-refractivity contribution in [1.29, 1.82) is 0 Å². The Kier molecular flexibility index (Phi) is 5.38. The summed E-state index contributed by atoms with van der Waals surface area (Å²) in [5, 5.41) is 3.77. The average Bonchev–Trinajstić information content (AvgIpc) is 2.72. The van der Waals surface area contributed by atoms with Crippen LogP contribution in [0.2, 0.25) is 5.02 Å². The summed E-state index contributed by atoms with van der Waals surface area (Å²) in [6.45, 7) is 4.58. The highest BCUT2D eigenvalue weighted by Gasteiger charge is 2.38. The number of amides is 2. The molecule has 0 bridgehead atoms. The fraction of sp³-hybridized carbons (Fsp3) is 0.364. The molecule has 6 heteroatoms. The summed E-state index contributed by atoms with van der Waals surface area (Å²) in [5.74, 6) is -0.176. The summed E-state index contributed by atoms with van der Waals surface area (Å²) in [7, 11) is 0. The van der Waals surface area contributed by atoms with Crippen LogP contribution in [0.25, 0.3) is 0 Å². The molecule has 2 amide bonds. The molecule has 4 rings (SSSR count). The van der Waals surface area contributed by atoms with Gasteiger partial charge in [-0.25, -0.2) is 0 Å². The molecule has 0 aliphatic carbocycles. The first-order valence-electron chi connectivity index (χ1n) is 9.69. The van der Waals surface area contributed by atoms with Crippen molar-refractivity contribution in [3.8, 4) is 0 Å². The first-order valence-corrected chi connectivity index (χ1v) is 10.1. The minimum absolute atomic E-state index is 0.0169. The number of hydrogen-bond donors (Lipinski definition) is 1. The van der Waals surface area contributed by atoms with E-state index in [4.69, 9.17) is 11.6 Å². The lowest BCUT2D eigenvalue weighted by atomic mass is 9.92. The standard InChI is InChI=1S/C22H24ClN3O2/c1-15-13-25(11-10-24-15)22(28)20-12-16-6-2-3-7-17(16)14-26(20)21(27)18-8-4-5-9-19(18)23/h2-9,15,20,24H,10-14H2,1H3. The van der Waals surface area contributed by atoms with Gasteiger partial charge in [0, 0.05) is 38.6 Å². The molecule has 2 unspecified atom stereocenters. The highest BCUT2D eigenvalue weighted by atomic mass is 35.5. The second-order valence-electron chi connectivity index (χ2n) is 7.54. The predicted molar refractivity (Wildman–Crippen MR) is 109 cm³/mol. The normalized spacial score (nSPS) is 21.9. The second kappa shape index (κ2) is 7.94. The number of rotatable bonds is 2. The lowest BCUT2D eigenvalue weighted by Crippen LogP contribution is -2.58. The van der Waals surface area contributed by atoms with Gasteiger partial charge in [0.15, 0.2) is 0 Å². The summed E-state index contributed by atoms with van der Waals surface area (Å²) in [6.07, 6.45) is 0.531. The number of carbonyl (C=O) groups excluding carboxylic acids is 2. The van der Waals surface area contributed by atoms with Crippen LogP contribution in [0.3, 0.4) is 0 Å². The van der Waals surface area contributed by atoms with E-state index in [-0.39, 0.29) is 17.9 Å². The fourth-order valence-corrected chi connectivity index (χ4v) is 4.31. The number of fused-ring (bicyclic) bond motifs is 1. The number of nitrogens with one attached hydrogen (secondary N) is 1. The third-order valence-electron chi connectivity index (χ3n) is 5.58. The molecule has 2 aliphatic heterocycles. The van der Waals surface area contributed by atoms with E-state index in [2.05, 4.69) is 12.2 Å². The lowest BCUT2D eigenvalue weighted by Gasteiger charge is -2.41. The van der Waals surface area contributed by atoms with Crippen LogP contribution in [-0.2, 0) is 17.8 Å². The molecule has 5 nitrogen and oxygen atoms in total. The van der Waals surface area contributed by atoms with Crippen molar-refractivity contribution in [1.82, 2.24) is 15.1 Å². The van der Waals surface area contributed by atoms with E-state index in [0.29, 0.717) is 36.6 Å². The molecule has 2 aromatic rings. The highest BCUT2D eigenvalue weighted by molar-refractivity contribution is 6.33. The SMILES string of the molecule is CC1CN(C(=O)C2Cc3ccccc3CN2C(=O)c2ccccc2Cl)CCN1. The molecule has 0 radical (unpaired) electrons. The van der Waals surface area contributed by atoms with Crippen molar-refractivity contribution < 1.29 is 9.59 Å². The van der Waals surface area contributed by atoms with Crippen molar-refractivity contribution in [3.63, 3.8) is 0 Å². The zero-order valence-corrected chi connectivity index (χ0v) is 16.7. The molecule has 0 saturated carbocycles. The topological polar surface area (TPSA) is 52.7 Å². The Hall–Kier alpha value is -2.37. The Balaban J connectivity index is 1.68. The van der Waals surface area contributed by atoms with E-state index in [0.717, 1.165) is 17.7 Å². The van der Waals surface area contributed by atoms with Crippen molar-refractivity contribution in [2.24, 2.45) is 0 Å². The molecular formula is C22H24ClN3O2. The van der Waals surface area contributed by atoms with E-state index in [1.54, 1.807) is 29.2 Å². The van der Waals surface area contributed by atoms with Gasteiger partial charge in [0.05, 0.1) is 10.6 Å². The summed E-state index contributed by atoms with van der Waals surface area (Å²) in [5.41, 5.74) is 2.66.